The van der Waals surface area contributed by atoms with Crippen LogP contribution < -0.4 is 0 Å². The third kappa shape index (κ3) is 3.48. The number of ether oxygens (including phenoxy) is 1. The standard InChI is InChI=1S/C11H20N2O3/c1-9(2)13(10(3)14)8-11(15)12-4-6-16-7-5-12/h9H,4-8H2,1-3H3. The summed E-state index contributed by atoms with van der Waals surface area (Å²) in [5.74, 6) is -0.0520. The van der Waals surface area contributed by atoms with E-state index >= 15 is 0 Å². The zero-order valence-electron chi connectivity index (χ0n) is 10.2. The molecule has 16 heavy (non-hydrogen) atoms. The Morgan fingerprint density at radius 3 is 2.31 bits per heavy atom. The summed E-state index contributed by atoms with van der Waals surface area (Å²) < 4.78 is 5.18. The Balaban J connectivity index is 2.50. The van der Waals surface area contributed by atoms with E-state index in [9.17, 15) is 9.59 Å². The largest absolute Gasteiger partial charge is 0.378 e. The monoisotopic (exact) mass is 228 g/mol. The number of nitrogens with zero attached hydrogens (tertiary/aromatic N) is 2. The topological polar surface area (TPSA) is 49.9 Å². The van der Waals surface area contributed by atoms with E-state index in [0.29, 0.717) is 26.3 Å². The van der Waals surface area contributed by atoms with Gasteiger partial charge >= 0.3 is 0 Å². The van der Waals surface area contributed by atoms with E-state index in [4.69, 9.17) is 4.74 Å². The van der Waals surface area contributed by atoms with Gasteiger partial charge in [-0.3, -0.25) is 9.59 Å². The van der Waals surface area contributed by atoms with Crippen LogP contribution in [0.5, 0.6) is 0 Å². The molecule has 1 aliphatic rings. The normalized spacial score (nSPS) is 16.4. The summed E-state index contributed by atoms with van der Waals surface area (Å²) >= 11 is 0. The Labute approximate surface area is 96.3 Å². The summed E-state index contributed by atoms with van der Waals surface area (Å²) in [4.78, 5) is 26.6. The summed E-state index contributed by atoms with van der Waals surface area (Å²) in [5, 5.41) is 0. The molecule has 5 nitrogen and oxygen atoms in total. The molecule has 0 atom stereocenters. The molecular formula is C11H20N2O3. The van der Waals surface area contributed by atoms with Gasteiger partial charge in [0.2, 0.25) is 11.8 Å². The minimum absolute atomic E-state index is 0.00667. The molecule has 0 aromatic rings. The number of morpholine rings is 1. The van der Waals surface area contributed by atoms with E-state index in [0.717, 1.165) is 0 Å². The lowest BCUT2D eigenvalue weighted by atomic mass is 10.3. The van der Waals surface area contributed by atoms with Crippen molar-refractivity contribution in [2.45, 2.75) is 26.8 Å². The van der Waals surface area contributed by atoms with Gasteiger partial charge in [-0.15, -0.1) is 0 Å². The van der Waals surface area contributed by atoms with Crippen LogP contribution in [0.25, 0.3) is 0 Å². The molecule has 92 valence electrons. The Morgan fingerprint density at radius 1 is 1.31 bits per heavy atom. The van der Waals surface area contributed by atoms with Gasteiger partial charge in [-0.2, -0.15) is 0 Å². The highest BCUT2D eigenvalue weighted by Gasteiger charge is 2.22. The highest BCUT2D eigenvalue weighted by atomic mass is 16.5. The second-order valence-corrected chi connectivity index (χ2v) is 4.23. The van der Waals surface area contributed by atoms with Crippen molar-refractivity contribution in [2.75, 3.05) is 32.8 Å². The van der Waals surface area contributed by atoms with Crippen molar-refractivity contribution in [1.29, 1.82) is 0 Å². The number of amides is 2. The van der Waals surface area contributed by atoms with E-state index in [2.05, 4.69) is 0 Å². The predicted molar refractivity (Wildman–Crippen MR) is 59.9 cm³/mol. The maximum Gasteiger partial charge on any atom is 0.242 e. The summed E-state index contributed by atoms with van der Waals surface area (Å²) in [5.41, 5.74) is 0. The average molecular weight is 228 g/mol. The molecule has 1 fully saturated rings. The maximum atomic E-state index is 11.9. The highest BCUT2D eigenvalue weighted by Crippen LogP contribution is 2.03. The lowest BCUT2D eigenvalue weighted by Crippen LogP contribution is -2.48. The number of carbonyl (C=O) groups excluding carboxylic acids is 2. The van der Waals surface area contributed by atoms with Crippen LogP contribution in [0.3, 0.4) is 0 Å². The molecule has 5 heteroatoms. The number of rotatable bonds is 3. The van der Waals surface area contributed by atoms with Crippen LogP contribution >= 0.6 is 0 Å². The van der Waals surface area contributed by atoms with Crippen molar-refractivity contribution in [2.24, 2.45) is 0 Å². The van der Waals surface area contributed by atoms with Gasteiger partial charge in [0, 0.05) is 26.1 Å². The molecular weight excluding hydrogens is 208 g/mol. The molecule has 0 aromatic carbocycles. The van der Waals surface area contributed by atoms with Gasteiger partial charge in [0.1, 0.15) is 0 Å². The number of carbonyl (C=O) groups is 2. The molecule has 2 amide bonds. The fraction of sp³-hybridized carbons (Fsp3) is 0.818. The summed E-state index contributed by atoms with van der Waals surface area (Å²) in [6.45, 7) is 7.92. The Kier molecular flexibility index (Phi) is 4.73. The SMILES string of the molecule is CC(=O)N(CC(=O)N1CCOCC1)C(C)C. The Morgan fingerprint density at radius 2 is 1.88 bits per heavy atom. The molecule has 0 unspecified atom stereocenters. The van der Waals surface area contributed by atoms with Crippen molar-refractivity contribution < 1.29 is 14.3 Å². The first-order chi connectivity index (χ1) is 7.52. The predicted octanol–water partition coefficient (Wildman–Crippen LogP) is 0.102. The molecule has 1 heterocycles. The summed E-state index contributed by atoms with van der Waals surface area (Å²) in [6, 6.07) is 0.0579. The summed E-state index contributed by atoms with van der Waals surface area (Å²) in [7, 11) is 0. The average Bonchev–Trinajstić information content (AvgIpc) is 2.25. The van der Waals surface area contributed by atoms with Crippen LogP contribution in [0.15, 0.2) is 0 Å². The number of hydrogen-bond acceptors (Lipinski definition) is 3. The minimum atomic E-state index is -0.0587. The van der Waals surface area contributed by atoms with Gasteiger partial charge in [-0.1, -0.05) is 0 Å². The Bertz CT molecular complexity index is 260. The van der Waals surface area contributed by atoms with Crippen molar-refractivity contribution in [3.8, 4) is 0 Å². The van der Waals surface area contributed by atoms with Crippen molar-refractivity contribution in [1.82, 2.24) is 9.80 Å². The van der Waals surface area contributed by atoms with Gasteiger partial charge in [-0.05, 0) is 13.8 Å². The molecule has 0 spiro atoms. The first-order valence-electron chi connectivity index (χ1n) is 5.65. The first kappa shape index (κ1) is 13.0. The van der Waals surface area contributed by atoms with Crippen LogP contribution in [0, 0.1) is 0 Å². The van der Waals surface area contributed by atoms with Gasteiger partial charge in [0.05, 0.1) is 19.8 Å². The lowest BCUT2D eigenvalue weighted by Gasteiger charge is -2.31. The zero-order valence-corrected chi connectivity index (χ0v) is 10.2. The first-order valence-corrected chi connectivity index (χ1v) is 5.65. The molecule has 0 N–H and O–H groups in total. The van der Waals surface area contributed by atoms with Crippen molar-refractivity contribution in [3.63, 3.8) is 0 Å². The van der Waals surface area contributed by atoms with Crippen LogP contribution in [0.1, 0.15) is 20.8 Å². The van der Waals surface area contributed by atoms with E-state index in [1.807, 2.05) is 13.8 Å². The summed E-state index contributed by atoms with van der Waals surface area (Å²) in [6.07, 6.45) is 0. The van der Waals surface area contributed by atoms with Gasteiger partial charge in [0.15, 0.2) is 0 Å². The van der Waals surface area contributed by atoms with Crippen molar-refractivity contribution in [3.05, 3.63) is 0 Å². The molecule has 0 aromatic heterocycles. The fourth-order valence-electron chi connectivity index (χ4n) is 1.72. The van der Waals surface area contributed by atoms with E-state index < -0.39 is 0 Å². The van der Waals surface area contributed by atoms with Crippen LogP contribution in [-0.4, -0.2) is 60.5 Å². The molecule has 0 radical (unpaired) electrons. The number of hydrogen-bond donors (Lipinski definition) is 0. The van der Waals surface area contributed by atoms with Crippen LogP contribution in [0.4, 0.5) is 0 Å². The maximum absolute atomic E-state index is 11.9. The zero-order chi connectivity index (χ0) is 12.1. The second kappa shape index (κ2) is 5.84. The quantitative estimate of drug-likeness (QED) is 0.688. The smallest absolute Gasteiger partial charge is 0.242 e. The molecule has 1 aliphatic heterocycles. The minimum Gasteiger partial charge on any atom is -0.378 e. The van der Waals surface area contributed by atoms with Gasteiger partial charge < -0.3 is 14.5 Å². The highest BCUT2D eigenvalue weighted by molar-refractivity contribution is 5.84. The fourth-order valence-corrected chi connectivity index (χ4v) is 1.72. The molecule has 1 saturated heterocycles. The lowest BCUT2D eigenvalue weighted by molar-refractivity contribution is -0.143. The molecule has 0 aliphatic carbocycles. The third-order valence-corrected chi connectivity index (χ3v) is 2.70. The van der Waals surface area contributed by atoms with Crippen LogP contribution in [0.2, 0.25) is 0 Å². The molecule has 0 bridgehead atoms. The van der Waals surface area contributed by atoms with Gasteiger partial charge in [0.25, 0.3) is 0 Å². The van der Waals surface area contributed by atoms with Gasteiger partial charge in [-0.25, -0.2) is 0 Å². The third-order valence-electron chi connectivity index (χ3n) is 2.70. The van der Waals surface area contributed by atoms with E-state index in [1.54, 1.807) is 9.80 Å². The second-order valence-electron chi connectivity index (χ2n) is 4.23. The van der Waals surface area contributed by atoms with Crippen molar-refractivity contribution >= 4 is 11.8 Å². The van der Waals surface area contributed by atoms with E-state index in [-0.39, 0.29) is 24.4 Å². The van der Waals surface area contributed by atoms with E-state index in [1.165, 1.54) is 6.92 Å². The Hall–Kier alpha value is -1.10. The van der Waals surface area contributed by atoms with Crippen LogP contribution in [-0.2, 0) is 14.3 Å². The molecule has 1 rings (SSSR count). The molecule has 0 saturated carbocycles.